The summed E-state index contributed by atoms with van der Waals surface area (Å²) in [5.41, 5.74) is 3.56. The van der Waals surface area contributed by atoms with Gasteiger partial charge in [0.15, 0.2) is 0 Å². The molecule has 0 heterocycles. The number of Topliss-reactive ketones (excluding diaryl/α,β-unsaturated/α-hetero) is 1. The van der Waals surface area contributed by atoms with E-state index < -0.39 is 0 Å². The first-order valence-electron chi connectivity index (χ1n) is 5.31. The van der Waals surface area contributed by atoms with Crippen LogP contribution in [0, 0.1) is 6.92 Å². The lowest BCUT2D eigenvalue weighted by Crippen LogP contribution is -2.16. The number of methoxy groups -OCH3 is 1. The van der Waals surface area contributed by atoms with E-state index in [1.807, 2.05) is 6.92 Å². The Kier molecular flexibility index (Phi) is 2.51. The Morgan fingerprint density at radius 2 is 2.13 bits per heavy atom. The van der Waals surface area contributed by atoms with Crippen LogP contribution in [0.5, 0.6) is 5.75 Å². The lowest BCUT2D eigenvalue weighted by Gasteiger charge is -2.23. The predicted octanol–water partition coefficient (Wildman–Crippen LogP) is 2.62. The van der Waals surface area contributed by atoms with Gasteiger partial charge in [0.25, 0.3) is 0 Å². The highest BCUT2D eigenvalue weighted by Gasteiger charge is 2.23. The van der Waals surface area contributed by atoms with E-state index in [1.54, 1.807) is 7.11 Å². The molecule has 2 nitrogen and oxygen atoms in total. The third kappa shape index (κ3) is 1.76. The maximum atomic E-state index is 11.5. The molecule has 0 amide bonds. The summed E-state index contributed by atoms with van der Waals surface area (Å²) in [5.74, 6) is 1.60. The summed E-state index contributed by atoms with van der Waals surface area (Å²) < 4.78 is 5.30. The van der Waals surface area contributed by atoms with Gasteiger partial charge in [0.2, 0.25) is 0 Å². The zero-order chi connectivity index (χ0) is 11.0. The van der Waals surface area contributed by atoms with Crippen molar-refractivity contribution in [2.24, 2.45) is 0 Å². The van der Waals surface area contributed by atoms with Crippen molar-refractivity contribution in [2.45, 2.75) is 32.6 Å². The van der Waals surface area contributed by atoms with E-state index in [0.717, 1.165) is 11.3 Å². The number of rotatable bonds is 1. The minimum atomic E-state index is 0.329. The molecule has 1 atom stereocenters. The highest BCUT2D eigenvalue weighted by molar-refractivity contribution is 5.84. The number of hydrogen-bond donors (Lipinski definition) is 0. The lowest BCUT2D eigenvalue weighted by atomic mass is 9.82. The number of hydrogen-bond acceptors (Lipinski definition) is 2. The van der Waals surface area contributed by atoms with Crippen LogP contribution in [0.4, 0.5) is 0 Å². The van der Waals surface area contributed by atoms with Crippen molar-refractivity contribution in [3.63, 3.8) is 0 Å². The van der Waals surface area contributed by atoms with Crippen LogP contribution >= 0.6 is 0 Å². The summed E-state index contributed by atoms with van der Waals surface area (Å²) in [6.45, 7) is 4.12. The number of carbonyl (C=O) groups is 1. The van der Waals surface area contributed by atoms with Gasteiger partial charge >= 0.3 is 0 Å². The minimum Gasteiger partial charge on any atom is -0.496 e. The molecule has 0 spiro atoms. The second-order valence-corrected chi connectivity index (χ2v) is 4.34. The first-order valence-corrected chi connectivity index (χ1v) is 5.31. The van der Waals surface area contributed by atoms with Crippen LogP contribution in [0.3, 0.4) is 0 Å². The van der Waals surface area contributed by atoms with Crippen LogP contribution in [0.2, 0.25) is 0 Å². The normalized spacial score (nSPS) is 19.9. The van der Waals surface area contributed by atoms with Crippen molar-refractivity contribution in [3.8, 4) is 5.75 Å². The molecule has 0 saturated heterocycles. The molecule has 1 aliphatic rings. The number of benzene rings is 1. The van der Waals surface area contributed by atoms with Gasteiger partial charge in [0.1, 0.15) is 11.5 Å². The van der Waals surface area contributed by atoms with Crippen LogP contribution in [0.25, 0.3) is 0 Å². The number of fused-ring (bicyclic) bond motifs is 1. The van der Waals surface area contributed by atoms with Crippen LogP contribution in [-0.2, 0) is 11.2 Å². The molecular weight excluding hydrogens is 188 g/mol. The molecule has 2 rings (SSSR count). The minimum absolute atomic E-state index is 0.329. The molecule has 0 aromatic heterocycles. The maximum Gasteiger partial charge on any atom is 0.137 e. The lowest BCUT2D eigenvalue weighted by molar-refractivity contribution is -0.119. The Balaban J connectivity index is 2.51. The molecule has 1 aliphatic carbocycles. The van der Waals surface area contributed by atoms with E-state index >= 15 is 0 Å². The molecule has 1 aromatic carbocycles. The fraction of sp³-hybridized carbons (Fsp3) is 0.462. The molecule has 0 fully saturated rings. The number of ether oxygens (including phenoxy) is 1. The third-order valence-corrected chi connectivity index (χ3v) is 3.11. The summed E-state index contributed by atoms with van der Waals surface area (Å²) in [7, 11) is 1.69. The molecule has 15 heavy (non-hydrogen) atoms. The monoisotopic (exact) mass is 204 g/mol. The molecule has 0 N–H and O–H groups in total. The second-order valence-electron chi connectivity index (χ2n) is 4.34. The first-order chi connectivity index (χ1) is 7.11. The average molecular weight is 204 g/mol. The van der Waals surface area contributed by atoms with Crippen molar-refractivity contribution < 1.29 is 9.53 Å². The van der Waals surface area contributed by atoms with Gasteiger partial charge in [0, 0.05) is 12.8 Å². The standard InChI is InChI=1S/C13H16O2/c1-8-5-11(14)6-10-4-9(2)13(15-3)7-12(8)10/h4,7-8H,5-6H2,1-3H3. The average Bonchev–Trinajstić information content (AvgIpc) is 2.16. The second kappa shape index (κ2) is 3.69. The van der Waals surface area contributed by atoms with Gasteiger partial charge in [-0.2, -0.15) is 0 Å². The van der Waals surface area contributed by atoms with E-state index in [1.165, 1.54) is 11.1 Å². The summed E-state index contributed by atoms with van der Waals surface area (Å²) in [6, 6.07) is 4.17. The fourth-order valence-electron chi connectivity index (χ4n) is 2.33. The summed E-state index contributed by atoms with van der Waals surface area (Å²) in [5, 5.41) is 0. The Hall–Kier alpha value is -1.31. The van der Waals surface area contributed by atoms with Gasteiger partial charge in [0.05, 0.1) is 7.11 Å². The Labute approximate surface area is 90.3 Å². The molecule has 80 valence electrons. The Morgan fingerprint density at radius 3 is 2.80 bits per heavy atom. The van der Waals surface area contributed by atoms with Crippen molar-refractivity contribution in [2.75, 3.05) is 7.11 Å². The van der Waals surface area contributed by atoms with Gasteiger partial charge in [-0.1, -0.05) is 13.0 Å². The Morgan fingerprint density at radius 1 is 1.40 bits per heavy atom. The molecule has 2 heteroatoms. The van der Waals surface area contributed by atoms with E-state index in [9.17, 15) is 4.79 Å². The predicted molar refractivity (Wildman–Crippen MR) is 59.5 cm³/mol. The number of ketones is 1. The number of carbonyl (C=O) groups excluding carboxylic acids is 1. The van der Waals surface area contributed by atoms with Gasteiger partial charge in [-0.3, -0.25) is 4.79 Å². The van der Waals surface area contributed by atoms with Crippen LogP contribution < -0.4 is 4.74 Å². The molecule has 0 saturated carbocycles. The molecule has 1 aromatic rings. The topological polar surface area (TPSA) is 26.3 Å². The zero-order valence-corrected chi connectivity index (χ0v) is 9.46. The van der Waals surface area contributed by atoms with Gasteiger partial charge in [-0.05, 0) is 35.6 Å². The van der Waals surface area contributed by atoms with E-state index in [-0.39, 0.29) is 0 Å². The van der Waals surface area contributed by atoms with Crippen molar-refractivity contribution in [1.82, 2.24) is 0 Å². The van der Waals surface area contributed by atoms with Crippen molar-refractivity contribution in [3.05, 3.63) is 28.8 Å². The van der Waals surface area contributed by atoms with Crippen molar-refractivity contribution >= 4 is 5.78 Å². The summed E-state index contributed by atoms with van der Waals surface area (Å²) >= 11 is 0. The molecular formula is C13H16O2. The highest BCUT2D eigenvalue weighted by Crippen LogP contribution is 2.34. The van der Waals surface area contributed by atoms with Crippen LogP contribution in [-0.4, -0.2) is 12.9 Å². The first kappa shape index (κ1) is 10.2. The highest BCUT2D eigenvalue weighted by atomic mass is 16.5. The molecule has 0 radical (unpaired) electrons. The largest absolute Gasteiger partial charge is 0.496 e. The van der Waals surface area contributed by atoms with Gasteiger partial charge in [-0.25, -0.2) is 0 Å². The van der Waals surface area contributed by atoms with Gasteiger partial charge < -0.3 is 4.74 Å². The smallest absolute Gasteiger partial charge is 0.137 e. The van der Waals surface area contributed by atoms with Crippen LogP contribution in [0.15, 0.2) is 12.1 Å². The molecule has 0 bridgehead atoms. The Bertz CT molecular complexity index is 407. The fourth-order valence-corrected chi connectivity index (χ4v) is 2.33. The van der Waals surface area contributed by atoms with E-state index in [2.05, 4.69) is 19.1 Å². The van der Waals surface area contributed by atoms with E-state index in [0.29, 0.717) is 24.5 Å². The van der Waals surface area contributed by atoms with E-state index in [4.69, 9.17) is 4.74 Å². The summed E-state index contributed by atoms with van der Waals surface area (Å²) in [4.78, 5) is 11.5. The van der Waals surface area contributed by atoms with Gasteiger partial charge in [-0.15, -0.1) is 0 Å². The SMILES string of the molecule is COc1cc2c(cc1C)CC(=O)CC2C. The third-order valence-electron chi connectivity index (χ3n) is 3.11. The zero-order valence-electron chi connectivity index (χ0n) is 9.46. The maximum absolute atomic E-state index is 11.5. The number of aryl methyl sites for hydroxylation is 1. The summed E-state index contributed by atoms with van der Waals surface area (Å²) in [6.07, 6.45) is 1.25. The molecule has 0 aliphatic heterocycles. The van der Waals surface area contributed by atoms with Crippen LogP contribution in [0.1, 0.15) is 36.0 Å². The molecule has 1 unspecified atom stereocenters. The quantitative estimate of drug-likeness (QED) is 0.703. The van der Waals surface area contributed by atoms with Crippen molar-refractivity contribution in [1.29, 1.82) is 0 Å².